The number of aryl methyl sites for hydroxylation is 3. The molecule has 0 N–H and O–H groups in total. The third-order valence-electron chi connectivity index (χ3n) is 4.89. The highest BCUT2D eigenvalue weighted by Crippen LogP contribution is 2.35. The van der Waals surface area contributed by atoms with Crippen LogP contribution in [0.5, 0.6) is 0 Å². The Balaban J connectivity index is 1.50. The Morgan fingerprint density at radius 2 is 2.00 bits per heavy atom. The zero-order valence-electron chi connectivity index (χ0n) is 14.2. The molecule has 3 aromatic heterocycles. The number of nitrogens with zero attached hydrogens (tertiary/aromatic N) is 5. The fraction of sp³-hybridized carbons (Fsp3) is 0.529. The highest BCUT2D eigenvalue weighted by atomic mass is 32.1. The summed E-state index contributed by atoms with van der Waals surface area (Å²) in [7, 11) is 0. The second kappa shape index (κ2) is 6.12. The van der Waals surface area contributed by atoms with Crippen molar-refractivity contribution in [2.24, 2.45) is 5.92 Å². The van der Waals surface area contributed by atoms with Gasteiger partial charge in [0.15, 0.2) is 5.82 Å². The van der Waals surface area contributed by atoms with Gasteiger partial charge in [0.05, 0.1) is 5.39 Å². The Hall–Kier alpha value is -2.02. The van der Waals surface area contributed by atoms with Crippen LogP contribution in [0.15, 0.2) is 10.9 Å². The van der Waals surface area contributed by atoms with E-state index in [0.29, 0.717) is 11.7 Å². The lowest BCUT2D eigenvalue weighted by molar-refractivity contribution is 0.323. The summed E-state index contributed by atoms with van der Waals surface area (Å²) in [6.07, 6.45) is 4.81. The van der Waals surface area contributed by atoms with Crippen LogP contribution in [0.3, 0.4) is 0 Å². The summed E-state index contributed by atoms with van der Waals surface area (Å²) in [5.41, 5.74) is 1.31. The first kappa shape index (κ1) is 15.5. The quantitative estimate of drug-likeness (QED) is 0.725. The average molecular weight is 343 g/mol. The van der Waals surface area contributed by atoms with Crippen LogP contribution in [0.4, 0.5) is 5.82 Å². The number of thiophene rings is 1. The van der Waals surface area contributed by atoms with Crippen molar-refractivity contribution in [2.75, 3.05) is 18.0 Å². The number of aromatic nitrogens is 4. The van der Waals surface area contributed by atoms with E-state index in [1.807, 2.05) is 6.92 Å². The van der Waals surface area contributed by atoms with Crippen molar-refractivity contribution in [3.05, 3.63) is 28.5 Å². The molecule has 0 saturated carbocycles. The van der Waals surface area contributed by atoms with E-state index in [1.54, 1.807) is 17.7 Å². The monoisotopic (exact) mass is 343 g/mol. The van der Waals surface area contributed by atoms with E-state index in [-0.39, 0.29) is 0 Å². The molecule has 0 radical (unpaired) electrons. The van der Waals surface area contributed by atoms with Gasteiger partial charge in [-0.25, -0.2) is 9.97 Å². The van der Waals surface area contributed by atoms with Gasteiger partial charge in [-0.15, -0.1) is 11.3 Å². The minimum absolute atomic E-state index is 0.601. The predicted molar refractivity (Wildman–Crippen MR) is 94.6 cm³/mol. The first-order valence-corrected chi connectivity index (χ1v) is 9.18. The fourth-order valence-corrected chi connectivity index (χ4v) is 4.41. The second-order valence-electron chi connectivity index (χ2n) is 6.53. The van der Waals surface area contributed by atoms with Crippen LogP contribution in [-0.2, 0) is 6.42 Å². The number of piperidine rings is 1. The number of hydrogen-bond acceptors (Lipinski definition) is 7. The predicted octanol–water partition coefficient (Wildman–Crippen LogP) is 3.46. The molecule has 0 atom stereocenters. The molecule has 1 aliphatic rings. The van der Waals surface area contributed by atoms with Crippen LogP contribution in [0.1, 0.15) is 35.0 Å². The van der Waals surface area contributed by atoms with Crippen molar-refractivity contribution in [3.63, 3.8) is 0 Å². The summed E-state index contributed by atoms with van der Waals surface area (Å²) >= 11 is 1.76. The Kier molecular flexibility index (Phi) is 3.96. The van der Waals surface area contributed by atoms with Gasteiger partial charge in [0.1, 0.15) is 17.0 Å². The SMILES string of the molecule is Cc1noc(CC2CCN(c3ncnc4sc(C)c(C)c34)CC2)n1. The summed E-state index contributed by atoms with van der Waals surface area (Å²) < 4.78 is 5.26. The summed E-state index contributed by atoms with van der Waals surface area (Å²) in [4.78, 5) is 18.2. The van der Waals surface area contributed by atoms with Crippen molar-refractivity contribution >= 4 is 27.4 Å². The molecule has 24 heavy (non-hydrogen) atoms. The molecular weight excluding hydrogens is 322 g/mol. The van der Waals surface area contributed by atoms with Gasteiger partial charge in [-0.3, -0.25) is 0 Å². The topological polar surface area (TPSA) is 67.9 Å². The second-order valence-corrected chi connectivity index (χ2v) is 7.73. The van der Waals surface area contributed by atoms with Gasteiger partial charge >= 0.3 is 0 Å². The molecular formula is C17H21N5OS. The molecule has 0 aromatic carbocycles. The standard InChI is InChI=1S/C17H21N5OS/c1-10-11(2)24-17-15(10)16(18-9-19-17)22-6-4-13(5-7-22)8-14-20-12(3)21-23-14/h9,13H,4-8H2,1-3H3. The number of hydrogen-bond donors (Lipinski definition) is 0. The molecule has 4 heterocycles. The number of anilines is 1. The molecule has 7 heteroatoms. The fourth-order valence-electron chi connectivity index (χ4n) is 3.42. The smallest absolute Gasteiger partial charge is 0.226 e. The minimum Gasteiger partial charge on any atom is -0.356 e. The molecule has 0 bridgehead atoms. The van der Waals surface area contributed by atoms with E-state index < -0.39 is 0 Å². The Labute approximate surface area is 144 Å². The van der Waals surface area contributed by atoms with Crippen molar-refractivity contribution in [1.82, 2.24) is 20.1 Å². The third-order valence-corrected chi connectivity index (χ3v) is 6.01. The molecule has 1 saturated heterocycles. The summed E-state index contributed by atoms with van der Waals surface area (Å²) in [5.74, 6) is 3.17. The molecule has 1 fully saturated rings. The third kappa shape index (κ3) is 2.77. The van der Waals surface area contributed by atoms with Gasteiger partial charge in [-0.2, -0.15) is 4.98 Å². The van der Waals surface area contributed by atoms with E-state index in [2.05, 4.69) is 38.9 Å². The van der Waals surface area contributed by atoms with Crippen molar-refractivity contribution < 1.29 is 4.52 Å². The number of rotatable bonds is 3. The Bertz CT molecular complexity index is 863. The maximum Gasteiger partial charge on any atom is 0.226 e. The molecule has 0 aliphatic carbocycles. The summed E-state index contributed by atoms with van der Waals surface area (Å²) in [6.45, 7) is 8.22. The average Bonchev–Trinajstić information content (AvgIpc) is 3.12. The molecule has 0 amide bonds. The molecule has 126 valence electrons. The van der Waals surface area contributed by atoms with Crippen molar-refractivity contribution in [3.8, 4) is 0 Å². The van der Waals surface area contributed by atoms with Crippen LogP contribution in [0.2, 0.25) is 0 Å². The first-order chi connectivity index (χ1) is 11.6. The van der Waals surface area contributed by atoms with E-state index in [9.17, 15) is 0 Å². The molecule has 3 aromatic rings. The van der Waals surface area contributed by atoms with E-state index in [1.165, 1.54) is 15.8 Å². The normalized spacial score (nSPS) is 16.2. The highest BCUT2D eigenvalue weighted by Gasteiger charge is 2.24. The van der Waals surface area contributed by atoms with E-state index in [0.717, 1.165) is 48.9 Å². The van der Waals surface area contributed by atoms with Gasteiger partial charge in [0, 0.05) is 24.4 Å². The lowest BCUT2D eigenvalue weighted by Crippen LogP contribution is -2.35. The van der Waals surface area contributed by atoms with Crippen molar-refractivity contribution in [1.29, 1.82) is 0 Å². The Morgan fingerprint density at radius 1 is 1.21 bits per heavy atom. The zero-order chi connectivity index (χ0) is 16.7. The van der Waals surface area contributed by atoms with Crippen LogP contribution in [0.25, 0.3) is 10.2 Å². The number of fused-ring (bicyclic) bond motifs is 1. The van der Waals surface area contributed by atoms with Crippen LogP contribution in [-0.4, -0.2) is 33.2 Å². The van der Waals surface area contributed by atoms with Gasteiger partial charge < -0.3 is 9.42 Å². The summed E-state index contributed by atoms with van der Waals surface area (Å²) in [6, 6.07) is 0. The highest BCUT2D eigenvalue weighted by molar-refractivity contribution is 7.18. The lowest BCUT2D eigenvalue weighted by Gasteiger charge is -2.32. The summed E-state index contributed by atoms with van der Waals surface area (Å²) in [5, 5.41) is 5.11. The molecule has 4 rings (SSSR count). The van der Waals surface area contributed by atoms with Crippen molar-refractivity contribution in [2.45, 2.75) is 40.0 Å². The maximum atomic E-state index is 5.26. The Morgan fingerprint density at radius 3 is 2.71 bits per heavy atom. The largest absolute Gasteiger partial charge is 0.356 e. The van der Waals surface area contributed by atoms with Gasteiger partial charge in [-0.05, 0) is 45.1 Å². The molecule has 0 unspecified atom stereocenters. The molecule has 1 aliphatic heterocycles. The van der Waals surface area contributed by atoms with E-state index in [4.69, 9.17) is 4.52 Å². The van der Waals surface area contributed by atoms with E-state index >= 15 is 0 Å². The maximum absolute atomic E-state index is 5.26. The van der Waals surface area contributed by atoms with Gasteiger partial charge in [-0.1, -0.05) is 5.16 Å². The minimum atomic E-state index is 0.601. The van der Waals surface area contributed by atoms with Gasteiger partial charge in [0.2, 0.25) is 5.89 Å². The lowest BCUT2D eigenvalue weighted by atomic mass is 9.93. The van der Waals surface area contributed by atoms with Crippen LogP contribution < -0.4 is 4.90 Å². The van der Waals surface area contributed by atoms with Gasteiger partial charge in [0.25, 0.3) is 0 Å². The molecule has 0 spiro atoms. The molecule has 6 nitrogen and oxygen atoms in total. The van der Waals surface area contributed by atoms with Crippen LogP contribution >= 0.6 is 11.3 Å². The first-order valence-electron chi connectivity index (χ1n) is 8.36. The zero-order valence-corrected chi connectivity index (χ0v) is 15.1. The van der Waals surface area contributed by atoms with Crippen LogP contribution in [0, 0.1) is 26.7 Å².